The minimum atomic E-state index is -3.46. The first-order valence-corrected chi connectivity index (χ1v) is 7.76. The molecule has 0 radical (unpaired) electrons. The van der Waals surface area contributed by atoms with Crippen molar-refractivity contribution in [3.8, 4) is 0 Å². The highest BCUT2D eigenvalue weighted by molar-refractivity contribution is 7.89. The van der Waals surface area contributed by atoms with Gasteiger partial charge in [-0.2, -0.15) is 0 Å². The summed E-state index contributed by atoms with van der Waals surface area (Å²) in [5, 5.41) is 0. The molecule has 0 spiro atoms. The summed E-state index contributed by atoms with van der Waals surface area (Å²) in [4.78, 5) is 0.330. The van der Waals surface area contributed by atoms with E-state index >= 15 is 0 Å². The van der Waals surface area contributed by atoms with Crippen molar-refractivity contribution in [3.63, 3.8) is 0 Å². The number of nitrogens with one attached hydrogen (secondary N) is 1. The third-order valence-electron chi connectivity index (χ3n) is 2.93. The molecule has 0 amide bonds. The summed E-state index contributed by atoms with van der Waals surface area (Å²) in [6.07, 6.45) is 0. The van der Waals surface area contributed by atoms with E-state index in [9.17, 15) is 8.42 Å². The van der Waals surface area contributed by atoms with E-state index < -0.39 is 10.0 Å². The fourth-order valence-electron chi connectivity index (χ4n) is 1.77. The van der Waals surface area contributed by atoms with E-state index in [0.717, 1.165) is 11.1 Å². The molecule has 0 heterocycles. The van der Waals surface area contributed by atoms with Crippen molar-refractivity contribution in [1.29, 1.82) is 0 Å². The molecule has 1 aromatic rings. The van der Waals surface area contributed by atoms with Crippen LogP contribution in [0.15, 0.2) is 23.1 Å². The molecule has 0 aromatic heterocycles. The third-order valence-corrected chi connectivity index (χ3v) is 4.55. The summed E-state index contributed by atoms with van der Waals surface area (Å²) >= 11 is 0. The largest absolute Gasteiger partial charge is 0.383 e. The Labute approximate surface area is 116 Å². The molecule has 0 aliphatic carbocycles. The first kappa shape index (κ1) is 16.1. The molecule has 0 atom stereocenters. The molecule has 1 rings (SSSR count). The predicted molar refractivity (Wildman–Crippen MR) is 76.9 cm³/mol. The lowest BCUT2D eigenvalue weighted by Crippen LogP contribution is -2.28. The predicted octanol–water partition coefficient (Wildman–Crippen LogP) is 2.22. The molecule has 0 unspecified atom stereocenters. The summed E-state index contributed by atoms with van der Waals surface area (Å²) in [6, 6.07) is 5.48. The van der Waals surface area contributed by atoms with Gasteiger partial charge in [-0.05, 0) is 29.5 Å². The Hall–Kier alpha value is -0.910. The number of rotatable bonds is 5. The third kappa shape index (κ3) is 4.30. The molecule has 0 bridgehead atoms. The van der Waals surface area contributed by atoms with E-state index in [1.54, 1.807) is 6.07 Å². The van der Waals surface area contributed by atoms with Crippen LogP contribution in [-0.4, -0.2) is 28.7 Å². The minimum Gasteiger partial charge on any atom is -0.383 e. The van der Waals surface area contributed by atoms with Crippen molar-refractivity contribution in [2.75, 3.05) is 20.3 Å². The lowest BCUT2D eigenvalue weighted by molar-refractivity contribution is 0.204. The van der Waals surface area contributed by atoms with Gasteiger partial charge in [0.05, 0.1) is 11.5 Å². The van der Waals surface area contributed by atoms with Crippen molar-refractivity contribution in [1.82, 2.24) is 4.72 Å². The van der Waals surface area contributed by atoms with Gasteiger partial charge in [0.15, 0.2) is 0 Å². The van der Waals surface area contributed by atoms with Crippen LogP contribution >= 0.6 is 0 Å². The molecule has 0 fully saturated rings. The van der Waals surface area contributed by atoms with Crippen molar-refractivity contribution < 1.29 is 13.2 Å². The maximum Gasteiger partial charge on any atom is 0.240 e. The number of methoxy groups -OCH3 is 1. The van der Waals surface area contributed by atoms with Crippen molar-refractivity contribution in [3.05, 3.63) is 29.3 Å². The zero-order valence-electron chi connectivity index (χ0n) is 12.3. The van der Waals surface area contributed by atoms with E-state index in [4.69, 9.17) is 4.74 Å². The van der Waals surface area contributed by atoms with Gasteiger partial charge in [0.1, 0.15) is 0 Å². The summed E-state index contributed by atoms with van der Waals surface area (Å²) in [5.74, 6) is 0. The van der Waals surface area contributed by atoms with Crippen LogP contribution in [0.5, 0.6) is 0 Å². The maximum atomic E-state index is 12.1. The topological polar surface area (TPSA) is 55.4 Å². The maximum absolute atomic E-state index is 12.1. The van der Waals surface area contributed by atoms with Crippen LogP contribution in [0.3, 0.4) is 0 Å². The Morgan fingerprint density at radius 2 is 1.89 bits per heavy atom. The average Bonchev–Trinajstić information content (AvgIpc) is 2.27. The van der Waals surface area contributed by atoms with Gasteiger partial charge in [0, 0.05) is 13.7 Å². The van der Waals surface area contributed by atoms with Crippen LogP contribution in [0.4, 0.5) is 0 Å². The zero-order chi connectivity index (χ0) is 14.7. The smallest absolute Gasteiger partial charge is 0.240 e. The number of benzene rings is 1. The van der Waals surface area contributed by atoms with Gasteiger partial charge in [0.2, 0.25) is 10.0 Å². The Bertz CT molecular complexity index is 530. The van der Waals surface area contributed by atoms with Crippen molar-refractivity contribution in [2.24, 2.45) is 0 Å². The molecule has 0 aliphatic rings. The second kappa shape index (κ2) is 6.03. The van der Waals surface area contributed by atoms with Crippen molar-refractivity contribution >= 4 is 10.0 Å². The summed E-state index contributed by atoms with van der Waals surface area (Å²) in [7, 11) is -1.92. The van der Waals surface area contributed by atoms with Gasteiger partial charge >= 0.3 is 0 Å². The summed E-state index contributed by atoms with van der Waals surface area (Å²) in [5.41, 5.74) is 1.90. The molecular weight excluding hydrogens is 262 g/mol. The molecule has 1 N–H and O–H groups in total. The first-order valence-electron chi connectivity index (χ1n) is 6.28. The highest BCUT2D eigenvalue weighted by Gasteiger charge is 2.19. The van der Waals surface area contributed by atoms with Crippen LogP contribution < -0.4 is 4.72 Å². The number of ether oxygens (including phenoxy) is 1. The molecule has 0 saturated heterocycles. The van der Waals surface area contributed by atoms with Crippen LogP contribution in [0, 0.1) is 6.92 Å². The molecule has 4 nitrogen and oxygen atoms in total. The molecule has 19 heavy (non-hydrogen) atoms. The highest BCUT2D eigenvalue weighted by Crippen LogP contribution is 2.25. The Balaban J connectivity index is 3.03. The summed E-state index contributed by atoms with van der Waals surface area (Å²) in [6.45, 7) is 8.77. The summed E-state index contributed by atoms with van der Waals surface area (Å²) < 4.78 is 31.6. The van der Waals surface area contributed by atoms with Gasteiger partial charge in [-0.1, -0.05) is 32.9 Å². The van der Waals surface area contributed by atoms with Gasteiger partial charge in [-0.15, -0.1) is 0 Å². The van der Waals surface area contributed by atoms with E-state index in [0.29, 0.717) is 11.5 Å². The van der Waals surface area contributed by atoms with Crippen LogP contribution in [0.2, 0.25) is 0 Å². The number of aryl methyl sites for hydroxylation is 1. The molecule has 5 heteroatoms. The average molecular weight is 285 g/mol. The van der Waals surface area contributed by atoms with Gasteiger partial charge in [-0.3, -0.25) is 0 Å². The standard InChI is InChI=1S/C14H23NO3S/c1-11-10-12(14(2,3)4)6-7-13(11)19(16,17)15-8-9-18-5/h6-7,10,15H,8-9H2,1-5H3. The Morgan fingerprint density at radius 3 is 2.37 bits per heavy atom. The van der Waals surface area contributed by atoms with Crippen LogP contribution in [0.1, 0.15) is 31.9 Å². The second-order valence-corrected chi connectivity index (χ2v) is 7.36. The number of hydrogen-bond donors (Lipinski definition) is 1. The van der Waals surface area contributed by atoms with Gasteiger partial charge < -0.3 is 4.74 Å². The Kier molecular flexibility index (Phi) is 5.12. The van der Waals surface area contributed by atoms with E-state index in [-0.39, 0.29) is 12.0 Å². The zero-order valence-corrected chi connectivity index (χ0v) is 13.1. The second-order valence-electron chi connectivity index (χ2n) is 5.62. The fraction of sp³-hybridized carbons (Fsp3) is 0.571. The van der Waals surface area contributed by atoms with E-state index in [1.807, 2.05) is 19.1 Å². The lowest BCUT2D eigenvalue weighted by Gasteiger charge is -2.20. The molecule has 1 aromatic carbocycles. The monoisotopic (exact) mass is 285 g/mol. The van der Waals surface area contributed by atoms with Gasteiger partial charge in [-0.25, -0.2) is 13.1 Å². The molecule has 0 aliphatic heterocycles. The van der Waals surface area contributed by atoms with Crippen LogP contribution in [-0.2, 0) is 20.2 Å². The Morgan fingerprint density at radius 1 is 1.26 bits per heavy atom. The minimum absolute atomic E-state index is 0.0104. The fourth-order valence-corrected chi connectivity index (χ4v) is 3.01. The van der Waals surface area contributed by atoms with E-state index in [1.165, 1.54) is 7.11 Å². The highest BCUT2D eigenvalue weighted by atomic mass is 32.2. The molecule has 108 valence electrons. The lowest BCUT2D eigenvalue weighted by atomic mass is 9.86. The number of sulfonamides is 1. The SMILES string of the molecule is COCCNS(=O)(=O)c1ccc(C(C)(C)C)cc1C. The molecular formula is C14H23NO3S. The first-order chi connectivity index (χ1) is 8.68. The number of hydrogen-bond acceptors (Lipinski definition) is 3. The normalized spacial score (nSPS) is 12.7. The van der Waals surface area contributed by atoms with Crippen molar-refractivity contribution in [2.45, 2.75) is 38.0 Å². The van der Waals surface area contributed by atoms with Gasteiger partial charge in [0.25, 0.3) is 0 Å². The van der Waals surface area contributed by atoms with Crippen LogP contribution in [0.25, 0.3) is 0 Å². The molecule has 0 saturated carbocycles. The van der Waals surface area contributed by atoms with E-state index in [2.05, 4.69) is 25.5 Å². The quantitative estimate of drug-likeness (QED) is 0.844.